The Labute approximate surface area is 138 Å². The summed E-state index contributed by atoms with van der Waals surface area (Å²) in [6.07, 6.45) is 0. The maximum absolute atomic E-state index is 12.1. The normalized spacial score (nSPS) is 13.1. The Balaban J connectivity index is 1.85. The van der Waals surface area contributed by atoms with Crippen LogP contribution in [0.2, 0.25) is 5.02 Å². The summed E-state index contributed by atoms with van der Waals surface area (Å²) in [6.45, 7) is 0.993. The quantitative estimate of drug-likeness (QED) is 0.745. The second-order valence-corrected chi connectivity index (χ2v) is 7.28. The first-order valence-electron chi connectivity index (χ1n) is 5.78. The Morgan fingerprint density at radius 2 is 1.95 bits per heavy atom. The molecule has 1 aromatic heterocycles. The van der Waals surface area contributed by atoms with Gasteiger partial charge in [-0.25, -0.2) is 0 Å². The molecule has 0 unspecified atom stereocenters. The van der Waals surface area contributed by atoms with Gasteiger partial charge in [0.25, 0.3) is 5.91 Å². The highest BCUT2D eigenvalue weighted by atomic mass is 127. The number of thiophene rings is 1. The van der Waals surface area contributed by atoms with E-state index in [4.69, 9.17) is 21.1 Å². The molecule has 3 rings (SSSR count). The molecule has 0 atom stereocenters. The van der Waals surface area contributed by atoms with Crippen molar-refractivity contribution in [2.24, 2.45) is 0 Å². The highest BCUT2D eigenvalue weighted by Gasteiger charge is 2.17. The summed E-state index contributed by atoms with van der Waals surface area (Å²) in [4.78, 5) is 12.1. The molecule has 1 aliphatic rings. The zero-order chi connectivity index (χ0) is 14.1. The molecule has 1 aromatic carbocycles. The number of amides is 1. The van der Waals surface area contributed by atoms with Crippen molar-refractivity contribution in [1.29, 1.82) is 0 Å². The van der Waals surface area contributed by atoms with Gasteiger partial charge in [-0.1, -0.05) is 11.6 Å². The van der Waals surface area contributed by atoms with Gasteiger partial charge in [0.15, 0.2) is 11.5 Å². The van der Waals surface area contributed by atoms with Crippen molar-refractivity contribution in [2.45, 2.75) is 0 Å². The van der Waals surface area contributed by atoms with Crippen molar-refractivity contribution in [1.82, 2.24) is 0 Å². The number of fused-ring (bicyclic) bond motifs is 1. The number of ether oxygens (including phenoxy) is 2. The fourth-order valence-corrected chi connectivity index (χ4v) is 3.31. The van der Waals surface area contributed by atoms with E-state index in [1.807, 2.05) is 11.4 Å². The molecule has 2 aromatic rings. The summed E-state index contributed by atoms with van der Waals surface area (Å²) in [5.74, 6) is 1.00. The zero-order valence-corrected chi connectivity index (χ0v) is 13.8. The first-order valence-corrected chi connectivity index (χ1v) is 8.11. The van der Waals surface area contributed by atoms with Gasteiger partial charge in [0.2, 0.25) is 0 Å². The van der Waals surface area contributed by atoms with Crippen LogP contribution in [0.3, 0.4) is 0 Å². The van der Waals surface area contributed by atoms with Crippen LogP contribution in [0, 0.1) is 2.88 Å². The third-order valence-electron chi connectivity index (χ3n) is 2.71. The summed E-state index contributed by atoms with van der Waals surface area (Å²) < 4.78 is 12.0. The van der Waals surface area contributed by atoms with Crippen LogP contribution in [0.15, 0.2) is 23.6 Å². The average molecular weight is 422 g/mol. The SMILES string of the molecule is O=C(Nc1cc2c(cc1Cl)OCCO2)c1csc(I)c1. The first kappa shape index (κ1) is 14.0. The lowest BCUT2D eigenvalue weighted by Crippen LogP contribution is -2.16. The largest absolute Gasteiger partial charge is 0.486 e. The van der Waals surface area contributed by atoms with Gasteiger partial charge < -0.3 is 14.8 Å². The highest BCUT2D eigenvalue weighted by molar-refractivity contribution is 14.1. The third-order valence-corrected chi connectivity index (χ3v) is 4.81. The third kappa shape index (κ3) is 2.87. The molecule has 2 heterocycles. The molecular weight excluding hydrogens is 413 g/mol. The van der Waals surface area contributed by atoms with Crippen LogP contribution in [0.1, 0.15) is 10.4 Å². The highest BCUT2D eigenvalue weighted by Crippen LogP contribution is 2.38. The van der Waals surface area contributed by atoms with Gasteiger partial charge >= 0.3 is 0 Å². The molecular formula is C13H9ClINO3S. The van der Waals surface area contributed by atoms with Crippen LogP contribution >= 0.6 is 45.5 Å². The van der Waals surface area contributed by atoms with E-state index in [1.165, 1.54) is 11.3 Å². The number of anilines is 1. The van der Waals surface area contributed by atoms with Crippen molar-refractivity contribution in [3.05, 3.63) is 37.0 Å². The van der Waals surface area contributed by atoms with Crippen LogP contribution < -0.4 is 14.8 Å². The number of hydrogen-bond donors (Lipinski definition) is 1. The number of rotatable bonds is 2. The minimum atomic E-state index is -0.192. The fraction of sp³-hybridized carbons (Fsp3) is 0.154. The molecule has 0 saturated heterocycles. The van der Waals surface area contributed by atoms with Crippen LogP contribution in [-0.2, 0) is 0 Å². The molecule has 4 nitrogen and oxygen atoms in total. The maximum atomic E-state index is 12.1. The van der Waals surface area contributed by atoms with E-state index in [-0.39, 0.29) is 5.91 Å². The Hall–Kier alpha value is -0.990. The van der Waals surface area contributed by atoms with Crippen LogP contribution in [-0.4, -0.2) is 19.1 Å². The lowest BCUT2D eigenvalue weighted by atomic mass is 10.2. The monoisotopic (exact) mass is 421 g/mol. The summed E-state index contributed by atoms with van der Waals surface area (Å²) in [5.41, 5.74) is 1.13. The van der Waals surface area contributed by atoms with Crippen LogP contribution in [0.4, 0.5) is 5.69 Å². The van der Waals surface area contributed by atoms with E-state index >= 15 is 0 Å². The van der Waals surface area contributed by atoms with Crippen LogP contribution in [0.5, 0.6) is 11.5 Å². The molecule has 0 saturated carbocycles. The topological polar surface area (TPSA) is 47.6 Å². The summed E-state index contributed by atoms with van der Waals surface area (Å²) >= 11 is 9.84. The van der Waals surface area contributed by atoms with Crippen LogP contribution in [0.25, 0.3) is 0 Å². The molecule has 0 spiro atoms. The molecule has 1 amide bonds. The number of nitrogens with one attached hydrogen (secondary N) is 1. The van der Waals surface area contributed by atoms with Crippen molar-refractivity contribution in [3.63, 3.8) is 0 Å². The summed E-state index contributed by atoms with van der Waals surface area (Å²) in [5, 5.41) is 5.02. The van der Waals surface area contributed by atoms with E-state index in [0.717, 1.165) is 2.88 Å². The molecule has 7 heteroatoms. The number of hydrogen-bond acceptors (Lipinski definition) is 4. The predicted molar refractivity (Wildman–Crippen MR) is 87.4 cm³/mol. The smallest absolute Gasteiger partial charge is 0.256 e. The minimum absolute atomic E-state index is 0.192. The molecule has 0 aliphatic carbocycles. The van der Waals surface area contributed by atoms with E-state index in [1.54, 1.807) is 12.1 Å². The lowest BCUT2D eigenvalue weighted by Gasteiger charge is -2.19. The van der Waals surface area contributed by atoms with Crippen molar-refractivity contribution in [3.8, 4) is 11.5 Å². The second kappa shape index (κ2) is 5.79. The van der Waals surface area contributed by atoms with Gasteiger partial charge in [-0.3, -0.25) is 4.79 Å². The fourth-order valence-electron chi connectivity index (χ4n) is 1.78. The molecule has 0 radical (unpaired) electrons. The average Bonchev–Trinajstić information content (AvgIpc) is 2.86. The van der Waals surface area contributed by atoms with Crippen molar-refractivity contribution < 1.29 is 14.3 Å². The van der Waals surface area contributed by atoms with E-state index in [0.29, 0.717) is 41.0 Å². The van der Waals surface area contributed by atoms with Crippen molar-refractivity contribution in [2.75, 3.05) is 18.5 Å². The Bertz CT molecular complexity index is 674. The molecule has 0 fully saturated rings. The molecule has 104 valence electrons. The van der Waals surface area contributed by atoms with E-state index in [9.17, 15) is 4.79 Å². The molecule has 0 bridgehead atoms. The molecule has 1 aliphatic heterocycles. The predicted octanol–water partition coefficient (Wildman–Crippen LogP) is 4.03. The minimum Gasteiger partial charge on any atom is -0.486 e. The standard InChI is InChI=1S/C13H9ClINO3S/c14-8-4-10-11(19-2-1-18-10)5-9(8)16-13(17)7-3-12(15)20-6-7/h3-6H,1-2H2,(H,16,17). The number of carbonyl (C=O) groups excluding carboxylic acids is 1. The first-order chi connectivity index (χ1) is 9.63. The zero-order valence-electron chi connectivity index (χ0n) is 10.1. The van der Waals surface area contributed by atoms with Crippen molar-refractivity contribution >= 4 is 57.1 Å². The van der Waals surface area contributed by atoms with Gasteiger partial charge in [-0.15, -0.1) is 11.3 Å². The Morgan fingerprint density at radius 3 is 2.60 bits per heavy atom. The van der Waals surface area contributed by atoms with Gasteiger partial charge in [-0.2, -0.15) is 0 Å². The number of halogens is 2. The lowest BCUT2D eigenvalue weighted by molar-refractivity contribution is 0.102. The molecule has 1 N–H and O–H groups in total. The maximum Gasteiger partial charge on any atom is 0.256 e. The molecule has 20 heavy (non-hydrogen) atoms. The summed E-state index contributed by atoms with van der Waals surface area (Å²) in [6, 6.07) is 5.17. The van der Waals surface area contributed by atoms with Gasteiger partial charge in [0.1, 0.15) is 13.2 Å². The van der Waals surface area contributed by atoms with Gasteiger partial charge in [-0.05, 0) is 28.7 Å². The van der Waals surface area contributed by atoms with E-state index < -0.39 is 0 Å². The summed E-state index contributed by atoms with van der Waals surface area (Å²) in [7, 11) is 0. The Kier molecular flexibility index (Phi) is 4.04. The van der Waals surface area contributed by atoms with E-state index in [2.05, 4.69) is 27.9 Å². The number of benzene rings is 1. The van der Waals surface area contributed by atoms with Gasteiger partial charge in [0, 0.05) is 17.5 Å². The number of carbonyl (C=O) groups is 1. The Morgan fingerprint density at radius 1 is 1.25 bits per heavy atom. The van der Waals surface area contributed by atoms with Gasteiger partial charge in [0.05, 0.1) is 19.2 Å². The second-order valence-electron chi connectivity index (χ2n) is 4.07.